The molecular formula is C14H22N4O2. The van der Waals surface area contributed by atoms with Gasteiger partial charge in [0.25, 0.3) is 0 Å². The fourth-order valence-corrected chi connectivity index (χ4v) is 2.21. The molecule has 1 aliphatic heterocycles. The van der Waals surface area contributed by atoms with E-state index in [1.54, 1.807) is 23.5 Å². The summed E-state index contributed by atoms with van der Waals surface area (Å²) in [6.07, 6.45) is 4.84. The first-order valence-electron chi connectivity index (χ1n) is 6.87. The molecule has 0 radical (unpaired) electrons. The third-order valence-electron chi connectivity index (χ3n) is 3.13. The highest BCUT2D eigenvalue weighted by atomic mass is 16.6. The molecule has 2 heterocycles. The van der Waals surface area contributed by atoms with Gasteiger partial charge in [-0.05, 0) is 27.7 Å². The quantitative estimate of drug-likeness (QED) is 0.785. The summed E-state index contributed by atoms with van der Waals surface area (Å²) < 4.78 is 5.43. The SMILES string of the molecule is CC1CN(c2cnccn2)CCN1C(=O)OC(C)(C)C. The molecule has 1 unspecified atom stereocenters. The first kappa shape index (κ1) is 14.6. The fraction of sp³-hybridized carbons (Fsp3) is 0.643. The van der Waals surface area contributed by atoms with Gasteiger partial charge in [0.1, 0.15) is 11.4 Å². The molecule has 0 N–H and O–H groups in total. The zero-order chi connectivity index (χ0) is 14.8. The number of nitrogens with zero attached hydrogens (tertiary/aromatic N) is 4. The summed E-state index contributed by atoms with van der Waals surface area (Å²) in [5, 5.41) is 0. The van der Waals surface area contributed by atoms with Crippen molar-refractivity contribution in [3.05, 3.63) is 18.6 Å². The van der Waals surface area contributed by atoms with Crippen LogP contribution in [0.15, 0.2) is 18.6 Å². The molecule has 1 aromatic rings. The number of rotatable bonds is 1. The van der Waals surface area contributed by atoms with Crippen molar-refractivity contribution in [3.8, 4) is 0 Å². The number of hydrogen-bond donors (Lipinski definition) is 0. The molecule has 6 nitrogen and oxygen atoms in total. The second kappa shape index (κ2) is 5.64. The number of hydrogen-bond acceptors (Lipinski definition) is 5. The van der Waals surface area contributed by atoms with E-state index in [1.807, 2.05) is 27.7 Å². The Kier molecular flexibility index (Phi) is 4.11. The van der Waals surface area contributed by atoms with Crippen LogP contribution in [0, 0.1) is 0 Å². The third kappa shape index (κ3) is 3.59. The van der Waals surface area contributed by atoms with E-state index in [9.17, 15) is 4.79 Å². The summed E-state index contributed by atoms with van der Waals surface area (Å²) in [7, 11) is 0. The molecule has 1 aliphatic rings. The molecule has 1 amide bonds. The van der Waals surface area contributed by atoms with Gasteiger partial charge in [0, 0.05) is 38.1 Å². The van der Waals surface area contributed by atoms with E-state index in [-0.39, 0.29) is 12.1 Å². The molecule has 1 fully saturated rings. The second-order valence-corrected chi connectivity index (χ2v) is 6.03. The van der Waals surface area contributed by atoms with Crippen molar-refractivity contribution >= 4 is 11.9 Å². The Morgan fingerprint density at radius 3 is 2.65 bits per heavy atom. The number of piperazine rings is 1. The molecule has 2 rings (SSSR count). The highest BCUT2D eigenvalue weighted by Gasteiger charge is 2.31. The minimum Gasteiger partial charge on any atom is -0.444 e. The van der Waals surface area contributed by atoms with Gasteiger partial charge in [0.05, 0.1) is 6.20 Å². The predicted molar refractivity (Wildman–Crippen MR) is 76.6 cm³/mol. The number of aromatic nitrogens is 2. The molecule has 0 aromatic carbocycles. The van der Waals surface area contributed by atoms with Gasteiger partial charge in [-0.1, -0.05) is 0 Å². The van der Waals surface area contributed by atoms with Crippen LogP contribution in [0.4, 0.5) is 10.6 Å². The molecule has 0 spiro atoms. The minimum atomic E-state index is -0.459. The Balaban J connectivity index is 1.98. The monoisotopic (exact) mass is 278 g/mol. The van der Waals surface area contributed by atoms with Crippen LogP contribution in [0.3, 0.4) is 0 Å². The Bertz CT molecular complexity index is 458. The van der Waals surface area contributed by atoms with E-state index >= 15 is 0 Å². The molecule has 110 valence electrons. The van der Waals surface area contributed by atoms with E-state index in [1.165, 1.54) is 0 Å². The maximum absolute atomic E-state index is 12.1. The van der Waals surface area contributed by atoms with Crippen LogP contribution in [0.2, 0.25) is 0 Å². The smallest absolute Gasteiger partial charge is 0.410 e. The molecule has 0 bridgehead atoms. The topological polar surface area (TPSA) is 58.6 Å². The van der Waals surface area contributed by atoms with Crippen molar-refractivity contribution in [1.82, 2.24) is 14.9 Å². The van der Waals surface area contributed by atoms with Gasteiger partial charge < -0.3 is 14.5 Å². The van der Waals surface area contributed by atoms with E-state index in [0.717, 1.165) is 18.9 Å². The summed E-state index contributed by atoms with van der Waals surface area (Å²) in [4.78, 5) is 24.4. The first-order valence-corrected chi connectivity index (χ1v) is 6.87. The number of ether oxygens (including phenoxy) is 1. The lowest BCUT2D eigenvalue weighted by atomic mass is 10.2. The lowest BCUT2D eigenvalue weighted by Gasteiger charge is -2.40. The lowest BCUT2D eigenvalue weighted by molar-refractivity contribution is 0.0158. The lowest BCUT2D eigenvalue weighted by Crippen LogP contribution is -2.55. The van der Waals surface area contributed by atoms with Gasteiger partial charge in [-0.15, -0.1) is 0 Å². The van der Waals surface area contributed by atoms with Gasteiger partial charge >= 0.3 is 6.09 Å². The highest BCUT2D eigenvalue weighted by Crippen LogP contribution is 2.18. The minimum absolute atomic E-state index is 0.0839. The van der Waals surface area contributed by atoms with E-state index in [0.29, 0.717) is 6.54 Å². The molecule has 6 heteroatoms. The summed E-state index contributed by atoms with van der Waals surface area (Å²) in [6.45, 7) is 9.77. The largest absolute Gasteiger partial charge is 0.444 e. The summed E-state index contributed by atoms with van der Waals surface area (Å²) in [6, 6.07) is 0.0839. The molecular weight excluding hydrogens is 256 g/mol. The Morgan fingerprint density at radius 1 is 1.35 bits per heavy atom. The predicted octanol–water partition coefficient (Wildman–Crippen LogP) is 1.92. The summed E-state index contributed by atoms with van der Waals surface area (Å²) in [5.74, 6) is 0.850. The van der Waals surface area contributed by atoms with Crippen molar-refractivity contribution in [2.24, 2.45) is 0 Å². The average molecular weight is 278 g/mol. The van der Waals surface area contributed by atoms with Crippen LogP contribution >= 0.6 is 0 Å². The van der Waals surface area contributed by atoms with E-state index < -0.39 is 5.60 Å². The second-order valence-electron chi connectivity index (χ2n) is 6.03. The summed E-state index contributed by atoms with van der Waals surface area (Å²) >= 11 is 0. The molecule has 20 heavy (non-hydrogen) atoms. The summed E-state index contributed by atoms with van der Waals surface area (Å²) in [5.41, 5.74) is -0.459. The zero-order valence-electron chi connectivity index (χ0n) is 12.5. The van der Waals surface area contributed by atoms with E-state index in [4.69, 9.17) is 4.74 Å². The number of anilines is 1. The van der Waals surface area contributed by atoms with Gasteiger partial charge in [-0.3, -0.25) is 4.98 Å². The van der Waals surface area contributed by atoms with Crippen molar-refractivity contribution in [2.75, 3.05) is 24.5 Å². The van der Waals surface area contributed by atoms with Crippen molar-refractivity contribution in [1.29, 1.82) is 0 Å². The third-order valence-corrected chi connectivity index (χ3v) is 3.13. The van der Waals surface area contributed by atoms with Crippen LogP contribution in [0.1, 0.15) is 27.7 Å². The van der Waals surface area contributed by atoms with Gasteiger partial charge in [0.15, 0.2) is 0 Å². The van der Waals surface area contributed by atoms with Crippen molar-refractivity contribution in [2.45, 2.75) is 39.3 Å². The normalized spacial score (nSPS) is 19.9. The van der Waals surface area contributed by atoms with Crippen LogP contribution in [-0.4, -0.2) is 52.2 Å². The molecule has 0 saturated carbocycles. The molecule has 1 aromatic heterocycles. The molecule has 0 aliphatic carbocycles. The van der Waals surface area contributed by atoms with Crippen LogP contribution in [-0.2, 0) is 4.74 Å². The number of carbonyl (C=O) groups is 1. The Labute approximate surface area is 119 Å². The standard InChI is InChI=1S/C14H22N4O2/c1-11-10-17(12-9-15-5-6-16-12)7-8-18(11)13(19)20-14(2,3)4/h5-6,9,11H,7-8,10H2,1-4H3. The molecule has 1 saturated heterocycles. The van der Waals surface area contributed by atoms with E-state index in [2.05, 4.69) is 14.9 Å². The van der Waals surface area contributed by atoms with Crippen LogP contribution < -0.4 is 4.90 Å². The zero-order valence-corrected chi connectivity index (χ0v) is 12.5. The maximum Gasteiger partial charge on any atom is 0.410 e. The average Bonchev–Trinajstić information content (AvgIpc) is 2.37. The molecule has 1 atom stereocenters. The van der Waals surface area contributed by atoms with Gasteiger partial charge in [-0.25, -0.2) is 9.78 Å². The fourth-order valence-electron chi connectivity index (χ4n) is 2.21. The van der Waals surface area contributed by atoms with Crippen molar-refractivity contribution < 1.29 is 9.53 Å². The number of amides is 1. The Morgan fingerprint density at radius 2 is 2.10 bits per heavy atom. The highest BCUT2D eigenvalue weighted by molar-refractivity contribution is 5.69. The van der Waals surface area contributed by atoms with Gasteiger partial charge in [-0.2, -0.15) is 0 Å². The van der Waals surface area contributed by atoms with Crippen molar-refractivity contribution in [3.63, 3.8) is 0 Å². The first-order chi connectivity index (χ1) is 9.37. The van der Waals surface area contributed by atoms with Crippen LogP contribution in [0.25, 0.3) is 0 Å². The van der Waals surface area contributed by atoms with Gasteiger partial charge in [0.2, 0.25) is 0 Å². The number of carbonyl (C=O) groups excluding carboxylic acids is 1. The Hall–Kier alpha value is -1.85. The van der Waals surface area contributed by atoms with Crippen LogP contribution in [0.5, 0.6) is 0 Å². The maximum atomic E-state index is 12.1.